The van der Waals surface area contributed by atoms with Crippen molar-refractivity contribution in [3.63, 3.8) is 0 Å². The van der Waals surface area contributed by atoms with E-state index in [4.69, 9.17) is 16.3 Å². The molecule has 1 heterocycles. The SMILES string of the molecule is CN1C2=C(C(=O)CCC2)C(c2cc(Br)ccc2OCC(=O)Nc2ccccc2Cl)C2=C1CCCC2=O. The molecule has 0 saturated carbocycles. The smallest absolute Gasteiger partial charge is 0.262 e. The molecule has 0 atom stereocenters. The lowest BCUT2D eigenvalue weighted by Crippen LogP contribution is -2.37. The Balaban J connectivity index is 1.52. The Morgan fingerprint density at radius 3 is 2.31 bits per heavy atom. The maximum atomic E-state index is 13.3. The Morgan fingerprint density at radius 2 is 1.67 bits per heavy atom. The molecule has 1 N–H and O–H groups in total. The fourth-order valence-corrected chi connectivity index (χ4v) is 5.99. The standard InChI is InChI=1S/C28H26BrClN2O4/c1-32-20-8-4-10-22(33)27(20)26(28-21(32)9-5-11-23(28)34)17-14-16(29)12-13-24(17)36-15-25(35)31-19-7-3-2-6-18(19)30/h2-3,6-7,12-14,26H,4-5,8-11,15H2,1H3,(H,31,35). The van der Waals surface area contributed by atoms with Crippen molar-refractivity contribution in [1.82, 2.24) is 4.90 Å². The van der Waals surface area contributed by atoms with E-state index in [0.29, 0.717) is 46.0 Å². The molecule has 2 aliphatic carbocycles. The summed E-state index contributed by atoms with van der Waals surface area (Å²) in [6.45, 7) is -0.244. The number of carbonyl (C=O) groups excluding carboxylic acids is 3. The number of halogens is 2. The van der Waals surface area contributed by atoms with E-state index in [2.05, 4.69) is 26.1 Å². The molecule has 0 aromatic heterocycles. The number of carbonyl (C=O) groups is 3. The second-order valence-corrected chi connectivity index (χ2v) is 10.6. The molecule has 0 spiro atoms. The van der Waals surface area contributed by atoms with Gasteiger partial charge in [-0.05, 0) is 56.0 Å². The first-order chi connectivity index (χ1) is 17.3. The number of hydrogen-bond donors (Lipinski definition) is 1. The van der Waals surface area contributed by atoms with Crippen molar-refractivity contribution >= 4 is 50.7 Å². The fourth-order valence-electron chi connectivity index (χ4n) is 5.43. The first-order valence-electron chi connectivity index (χ1n) is 12.1. The lowest BCUT2D eigenvalue weighted by molar-refractivity contribution is -0.119. The molecular weight excluding hydrogens is 544 g/mol. The van der Waals surface area contributed by atoms with Crippen LogP contribution in [0.2, 0.25) is 5.02 Å². The van der Waals surface area contributed by atoms with Gasteiger partial charge in [0.1, 0.15) is 5.75 Å². The van der Waals surface area contributed by atoms with Gasteiger partial charge in [0, 0.05) is 58.4 Å². The summed E-state index contributed by atoms with van der Waals surface area (Å²) in [7, 11) is 1.97. The van der Waals surface area contributed by atoms with Gasteiger partial charge in [-0.3, -0.25) is 14.4 Å². The van der Waals surface area contributed by atoms with E-state index in [-0.39, 0.29) is 24.1 Å². The van der Waals surface area contributed by atoms with Crippen LogP contribution >= 0.6 is 27.5 Å². The van der Waals surface area contributed by atoms with E-state index < -0.39 is 5.92 Å². The molecule has 6 nitrogen and oxygen atoms in total. The van der Waals surface area contributed by atoms with Crippen molar-refractivity contribution < 1.29 is 19.1 Å². The quantitative estimate of drug-likeness (QED) is 0.467. The zero-order chi connectivity index (χ0) is 25.4. The van der Waals surface area contributed by atoms with Crippen molar-refractivity contribution in [3.8, 4) is 5.75 Å². The maximum Gasteiger partial charge on any atom is 0.262 e. The van der Waals surface area contributed by atoms with Crippen LogP contribution in [0.4, 0.5) is 5.69 Å². The number of allylic oxidation sites excluding steroid dienone is 4. The third kappa shape index (κ3) is 4.62. The van der Waals surface area contributed by atoms with E-state index >= 15 is 0 Å². The molecule has 0 fully saturated rings. The molecule has 1 aliphatic heterocycles. The number of hydrogen-bond acceptors (Lipinski definition) is 5. The number of nitrogens with zero attached hydrogens (tertiary/aromatic N) is 1. The number of Topliss-reactive ketones (excluding diaryl/α,β-unsaturated/α-hetero) is 2. The highest BCUT2D eigenvalue weighted by atomic mass is 79.9. The van der Waals surface area contributed by atoms with Crippen molar-refractivity contribution in [3.05, 3.63) is 80.1 Å². The lowest BCUT2D eigenvalue weighted by Gasteiger charge is -2.42. The minimum Gasteiger partial charge on any atom is -0.483 e. The molecule has 5 rings (SSSR count). The molecule has 186 valence electrons. The Morgan fingerprint density at radius 1 is 1.03 bits per heavy atom. The van der Waals surface area contributed by atoms with E-state index in [1.165, 1.54) is 0 Å². The summed E-state index contributed by atoms with van der Waals surface area (Å²) in [6.07, 6.45) is 4.12. The molecule has 3 aliphatic rings. The Labute approximate surface area is 223 Å². The highest BCUT2D eigenvalue weighted by molar-refractivity contribution is 9.10. The van der Waals surface area contributed by atoms with Gasteiger partial charge in [-0.15, -0.1) is 0 Å². The van der Waals surface area contributed by atoms with Crippen LogP contribution in [0.1, 0.15) is 50.0 Å². The summed E-state index contributed by atoms with van der Waals surface area (Å²) < 4.78 is 6.82. The van der Waals surface area contributed by atoms with Crippen molar-refractivity contribution in [2.24, 2.45) is 0 Å². The number of amides is 1. The molecule has 0 bridgehead atoms. The highest BCUT2D eigenvalue weighted by Crippen LogP contribution is 2.50. The number of rotatable bonds is 5. The van der Waals surface area contributed by atoms with Gasteiger partial charge < -0.3 is 15.0 Å². The maximum absolute atomic E-state index is 13.3. The largest absolute Gasteiger partial charge is 0.483 e. The first-order valence-corrected chi connectivity index (χ1v) is 13.2. The van der Waals surface area contributed by atoms with Crippen molar-refractivity contribution in [2.75, 3.05) is 19.0 Å². The number of ketones is 2. The van der Waals surface area contributed by atoms with E-state index in [0.717, 1.165) is 41.6 Å². The van der Waals surface area contributed by atoms with E-state index in [1.807, 2.05) is 19.2 Å². The highest BCUT2D eigenvalue weighted by Gasteiger charge is 2.43. The normalized spacial score (nSPS) is 18.2. The summed E-state index contributed by atoms with van der Waals surface area (Å²) in [5.74, 6) is -0.257. The molecule has 0 saturated heterocycles. The number of benzene rings is 2. The molecule has 2 aromatic rings. The van der Waals surface area contributed by atoms with E-state index in [9.17, 15) is 14.4 Å². The van der Waals surface area contributed by atoms with Crippen LogP contribution < -0.4 is 10.1 Å². The van der Waals surface area contributed by atoms with Gasteiger partial charge in [-0.25, -0.2) is 0 Å². The summed E-state index contributed by atoms with van der Waals surface area (Å²) in [6, 6.07) is 12.5. The van der Waals surface area contributed by atoms with Crippen LogP contribution in [0.15, 0.2) is 69.5 Å². The number of anilines is 1. The average molecular weight is 570 g/mol. The van der Waals surface area contributed by atoms with Crippen molar-refractivity contribution in [1.29, 1.82) is 0 Å². The minimum atomic E-state index is -0.508. The molecule has 1 amide bonds. The summed E-state index contributed by atoms with van der Waals surface area (Å²) in [5.41, 5.74) is 4.57. The van der Waals surface area contributed by atoms with Gasteiger partial charge in [0.2, 0.25) is 0 Å². The number of ether oxygens (including phenoxy) is 1. The number of nitrogens with one attached hydrogen (secondary N) is 1. The average Bonchev–Trinajstić information content (AvgIpc) is 2.86. The second kappa shape index (κ2) is 10.2. The Bertz CT molecular complexity index is 1290. The molecule has 2 aromatic carbocycles. The molecule has 0 radical (unpaired) electrons. The fraction of sp³-hybridized carbons (Fsp3) is 0.321. The van der Waals surface area contributed by atoms with Gasteiger partial charge in [-0.2, -0.15) is 0 Å². The van der Waals surface area contributed by atoms with Crippen LogP contribution in [-0.4, -0.2) is 36.0 Å². The minimum absolute atomic E-state index is 0.0698. The van der Waals surface area contributed by atoms with Crippen LogP contribution in [0.3, 0.4) is 0 Å². The van der Waals surface area contributed by atoms with Crippen LogP contribution in [0, 0.1) is 0 Å². The second-order valence-electron chi connectivity index (χ2n) is 9.27. The molecule has 36 heavy (non-hydrogen) atoms. The third-order valence-corrected chi connectivity index (χ3v) is 7.86. The zero-order valence-corrected chi connectivity index (χ0v) is 22.2. The first kappa shape index (κ1) is 24.8. The van der Waals surface area contributed by atoms with Gasteiger partial charge in [0.05, 0.1) is 10.7 Å². The van der Waals surface area contributed by atoms with Gasteiger partial charge in [-0.1, -0.05) is 39.7 Å². The zero-order valence-electron chi connectivity index (χ0n) is 19.9. The summed E-state index contributed by atoms with van der Waals surface area (Å²) in [4.78, 5) is 41.3. The molecule has 0 unspecified atom stereocenters. The molecule has 8 heteroatoms. The predicted molar refractivity (Wildman–Crippen MR) is 142 cm³/mol. The lowest BCUT2D eigenvalue weighted by atomic mass is 9.71. The Kier molecular flexibility index (Phi) is 7.04. The van der Waals surface area contributed by atoms with E-state index in [1.54, 1.807) is 30.3 Å². The van der Waals surface area contributed by atoms with Gasteiger partial charge in [0.15, 0.2) is 18.2 Å². The summed E-state index contributed by atoms with van der Waals surface area (Å²) >= 11 is 9.71. The molecular formula is C28H26BrClN2O4. The van der Waals surface area contributed by atoms with Crippen LogP contribution in [0.25, 0.3) is 0 Å². The monoisotopic (exact) mass is 568 g/mol. The Hall–Kier alpha value is -2.90. The summed E-state index contributed by atoms with van der Waals surface area (Å²) in [5, 5.41) is 3.20. The van der Waals surface area contributed by atoms with Gasteiger partial charge >= 0.3 is 0 Å². The van der Waals surface area contributed by atoms with Gasteiger partial charge in [0.25, 0.3) is 5.91 Å². The third-order valence-electron chi connectivity index (χ3n) is 7.03. The van der Waals surface area contributed by atoms with Crippen LogP contribution in [-0.2, 0) is 14.4 Å². The van der Waals surface area contributed by atoms with Crippen LogP contribution in [0.5, 0.6) is 5.75 Å². The van der Waals surface area contributed by atoms with Crippen molar-refractivity contribution in [2.45, 2.75) is 44.4 Å². The topological polar surface area (TPSA) is 75.7 Å². The predicted octanol–water partition coefficient (Wildman–Crippen LogP) is 6.16. The number of para-hydroxylation sites is 1.